The van der Waals surface area contributed by atoms with Crippen molar-refractivity contribution in [2.45, 2.75) is 187 Å². The van der Waals surface area contributed by atoms with Crippen LogP contribution < -0.4 is 5.73 Å². The summed E-state index contributed by atoms with van der Waals surface area (Å²) in [6.07, 6.45) is 40.2. The number of hydrogen-bond acceptors (Lipinski definition) is 8. The molecule has 0 fully saturated rings. The lowest BCUT2D eigenvalue weighted by atomic mass is 10.1. The Labute approximate surface area is 312 Å². The van der Waals surface area contributed by atoms with Crippen molar-refractivity contribution >= 4 is 19.8 Å². The van der Waals surface area contributed by atoms with Crippen LogP contribution in [0, 0.1) is 0 Å². The number of hydrogen-bond donors (Lipinski definition) is 2. The zero-order valence-corrected chi connectivity index (χ0v) is 33.5. The van der Waals surface area contributed by atoms with Crippen LogP contribution in [0.5, 0.6) is 0 Å². The van der Waals surface area contributed by atoms with Crippen molar-refractivity contribution in [3.8, 4) is 0 Å². The van der Waals surface area contributed by atoms with E-state index in [1.165, 1.54) is 70.6 Å². The summed E-state index contributed by atoms with van der Waals surface area (Å²) in [5.74, 6) is -0.856. The molecule has 298 valence electrons. The molecule has 0 aromatic heterocycles. The average molecular weight is 742 g/mol. The van der Waals surface area contributed by atoms with Crippen LogP contribution >= 0.6 is 7.82 Å². The van der Waals surface area contributed by atoms with Gasteiger partial charge in [-0.15, -0.1) is 0 Å². The second-order valence-corrected chi connectivity index (χ2v) is 15.0. The van der Waals surface area contributed by atoms with Crippen molar-refractivity contribution in [3.63, 3.8) is 0 Å². The summed E-state index contributed by atoms with van der Waals surface area (Å²) in [6.45, 7) is 3.67. The Morgan fingerprint density at radius 1 is 0.588 bits per heavy atom. The minimum Gasteiger partial charge on any atom is -0.462 e. The number of esters is 2. The first-order valence-electron chi connectivity index (χ1n) is 20.5. The lowest BCUT2D eigenvalue weighted by Crippen LogP contribution is -2.29. The molecule has 0 aromatic carbocycles. The summed E-state index contributed by atoms with van der Waals surface area (Å²) in [4.78, 5) is 34.8. The van der Waals surface area contributed by atoms with Gasteiger partial charge in [-0.1, -0.05) is 140 Å². The zero-order valence-electron chi connectivity index (χ0n) is 32.6. The van der Waals surface area contributed by atoms with Crippen LogP contribution in [0.3, 0.4) is 0 Å². The molecule has 0 amide bonds. The molecule has 0 radical (unpaired) electrons. The van der Waals surface area contributed by atoms with Gasteiger partial charge in [0.1, 0.15) is 6.61 Å². The first-order chi connectivity index (χ1) is 24.8. The molecular formula is C41H76NO8P. The minimum absolute atomic E-state index is 0.0492. The highest BCUT2D eigenvalue weighted by Crippen LogP contribution is 2.43. The van der Waals surface area contributed by atoms with E-state index in [-0.39, 0.29) is 32.6 Å². The normalized spacial score (nSPS) is 13.7. The van der Waals surface area contributed by atoms with Crippen molar-refractivity contribution in [1.29, 1.82) is 0 Å². The van der Waals surface area contributed by atoms with E-state index in [1.54, 1.807) is 0 Å². The van der Waals surface area contributed by atoms with E-state index in [0.717, 1.165) is 77.0 Å². The molecule has 0 heterocycles. The van der Waals surface area contributed by atoms with Gasteiger partial charge in [0.2, 0.25) is 0 Å². The third-order valence-corrected chi connectivity index (χ3v) is 9.51. The van der Waals surface area contributed by atoms with Crippen LogP contribution in [0.1, 0.15) is 181 Å². The van der Waals surface area contributed by atoms with Gasteiger partial charge in [0, 0.05) is 19.4 Å². The molecule has 0 rings (SSSR count). The van der Waals surface area contributed by atoms with Gasteiger partial charge in [-0.25, -0.2) is 4.57 Å². The van der Waals surface area contributed by atoms with E-state index in [9.17, 15) is 19.0 Å². The van der Waals surface area contributed by atoms with E-state index >= 15 is 0 Å². The van der Waals surface area contributed by atoms with Crippen LogP contribution in [0.2, 0.25) is 0 Å². The fourth-order valence-electron chi connectivity index (χ4n) is 5.44. The fraction of sp³-hybridized carbons (Fsp3) is 0.805. The number of rotatable bonds is 38. The fourth-order valence-corrected chi connectivity index (χ4v) is 6.21. The van der Waals surface area contributed by atoms with Gasteiger partial charge < -0.3 is 20.1 Å². The number of carbonyl (C=O) groups excluding carboxylic acids is 2. The smallest absolute Gasteiger partial charge is 0.462 e. The predicted octanol–water partition coefficient (Wildman–Crippen LogP) is 11.4. The standard InChI is InChI=1S/C41H76NO8P/c1-3-5-7-9-11-13-15-17-19-21-23-25-27-29-31-33-40(43)47-37-39(38-49-51(45,46)48-36-35-42)50-41(44)34-32-30-28-26-24-22-20-18-16-14-12-10-8-6-4-2/h14,16-20,39H,3-13,15,21-38,42H2,1-2H3,(H,45,46)/b16-14+,19-17+,20-18+/t39-/m1/s1. The topological polar surface area (TPSA) is 134 Å². The van der Waals surface area contributed by atoms with Gasteiger partial charge in [0.25, 0.3) is 0 Å². The van der Waals surface area contributed by atoms with Crippen LogP contribution in [0.25, 0.3) is 0 Å². The number of carbonyl (C=O) groups is 2. The molecule has 0 aliphatic carbocycles. The van der Waals surface area contributed by atoms with Crippen molar-refractivity contribution in [3.05, 3.63) is 36.5 Å². The second kappa shape index (κ2) is 38.0. The van der Waals surface area contributed by atoms with Gasteiger partial charge in [-0.2, -0.15) is 0 Å². The Balaban J connectivity index is 4.23. The molecule has 1 unspecified atom stereocenters. The van der Waals surface area contributed by atoms with E-state index < -0.39 is 32.5 Å². The van der Waals surface area contributed by atoms with Crippen molar-refractivity contribution in [1.82, 2.24) is 0 Å². The molecule has 0 saturated heterocycles. The Morgan fingerprint density at radius 2 is 1.02 bits per heavy atom. The maximum Gasteiger partial charge on any atom is 0.472 e. The lowest BCUT2D eigenvalue weighted by molar-refractivity contribution is -0.161. The van der Waals surface area contributed by atoms with E-state index in [1.807, 2.05) is 0 Å². The maximum absolute atomic E-state index is 12.5. The van der Waals surface area contributed by atoms with Gasteiger partial charge in [-0.05, 0) is 64.2 Å². The highest BCUT2D eigenvalue weighted by Gasteiger charge is 2.25. The predicted molar refractivity (Wildman–Crippen MR) is 210 cm³/mol. The number of allylic oxidation sites excluding steroid dienone is 6. The summed E-state index contributed by atoms with van der Waals surface area (Å²) in [5, 5.41) is 0. The highest BCUT2D eigenvalue weighted by atomic mass is 31.2. The third kappa shape index (κ3) is 37.8. The molecule has 9 nitrogen and oxygen atoms in total. The van der Waals surface area contributed by atoms with Crippen molar-refractivity contribution < 1.29 is 37.6 Å². The van der Waals surface area contributed by atoms with Gasteiger partial charge in [-0.3, -0.25) is 18.6 Å². The quantitative estimate of drug-likeness (QED) is 0.0208. The SMILES string of the molecule is CCCCCC/C=C/C=C/CCCCCCCC(=O)O[C@H](COC(=O)CCCCCCC/C=C/CCCCCCCC)COP(=O)(O)OCCN. The summed E-state index contributed by atoms with van der Waals surface area (Å²) in [6, 6.07) is 0. The average Bonchev–Trinajstić information content (AvgIpc) is 3.11. The highest BCUT2D eigenvalue weighted by molar-refractivity contribution is 7.47. The Hall–Kier alpha value is -1.77. The number of nitrogens with two attached hydrogens (primary N) is 1. The molecule has 0 aromatic rings. The Kier molecular flexibility index (Phi) is 36.7. The van der Waals surface area contributed by atoms with E-state index in [4.69, 9.17) is 24.3 Å². The first-order valence-corrected chi connectivity index (χ1v) is 22.0. The lowest BCUT2D eigenvalue weighted by Gasteiger charge is -2.19. The molecule has 0 spiro atoms. The summed E-state index contributed by atoms with van der Waals surface area (Å²) in [7, 11) is -4.38. The number of unbranched alkanes of at least 4 members (excludes halogenated alkanes) is 20. The molecule has 2 atom stereocenters. The molecule has 0 aliphatic rings. The van der Waals surface area contributed by atoms with Crippen LogP contribution in [0.4, 0.5) is 0 Å². The molecule has 51 heavy (non-hydrogen) atoms. The van der Waals surface area contributed by atoms with Crippen LogP contribution in [0.15, 0.2) is 36.5 Å². The van der Waals surface area contributed by atoms with Crippen LogP contribution in [-0.2, 0) is 32.7 Å². The van der Waals surface area contributed by atoms with Gasteiger partial charge in [0.05, 0.1) is 13.2 Å². The first kappa shape index (κ1) is 49.2. The van der Waals surface area contributed by atoms with E-state index in [2.05, 4.69) is 50.3 Å². The zero-order chi connectivity index (χ0) is 37.5. The van der Waals surface area contributed by atoms with Crippen molar-refractivity contribution in [2.75, 3.05) is 26.4 Å². The minimum atomic E-state index is -4.38. The molecule has 0 saturated carbocycles. The van der Waals surface area contributed by atoms with Gasteiger partial charge >= 0.3 is 19.8 Å². The molecular weight excluding hydrogens is 665 g/mol. The molecule has 0 bridgehead atoms. The second-order valence-electron chi connectivity index (χ2n) is 13.5. The third-order valence-electron chi connectivity index (χ3n) is 8.53. The largest absolute Gasteiger partial charge is 0.472 e. The summed E-state index contributed by atoms with van der Waals surface area (Å²) < 4.78 is 32.7. The molecule has 3 N–H and O–H groups in total. The Bertz CT molecular complexity index is 939. The maximum atomic E-state index is 12.5. The monoisotopic (exact) mass is 742 g/mol. The molecule has 10 heteroatoms. The van der Waals surface area contributed by atoms with Crippen LogP contribution in [-0.4, -0.2) is 49.3 Å². The number of phosphoric acid groups is 1. The van der Waals surface area contributed by atoms with Gasteiger partial charge in [0.15, 0.2) is 6.10 Å². The summed E-state index contributed by atoms with van der Waals surface area (Å²) >= 11 is 0. The number of phosphoric ester groups is 1. The van der Waals surface area contributed by atoms with Crippen molar-refractivity contribution in [2.24, 2.45) is 5.73 Å². The molecule has 0 aliphatic heterocycles. The Morgan fingerprint density at radius 3 is 1.53 bits per heavy atom. The summed E-state index contributed by atoms with van der Waals surface area (Å²) in [5.41, 5.74) is 5.34. The number of ether oxygens (including phenoxy) is 2. The van der Waals surface area contributed by atoms with E-state index in [0.29, 0.717) is 6.42 Å².